The molecule has 0 spiro atoms. The number of rotatable bonds is 4. The molecule has 0 radical (unpaired) electrons. The van der Waals surface area contributed by atoms with Gasteiger partial charge in [0, 0.05) is 24.7 Å². The molecule has 2 rings (SSSR count). The second kappa shape index (κ2) is 5.80. The summed E-state index contributed by atoms with van der Waals surface area (Å²) in [7, 11) is 3.52. The lowest BCUT2D eigenvalue weighted by Gasteiger charge is -2.20. The molecule has 0 fully saturated rings. The summed E-state index contributed by atoms with van der Waals surface area (Å²) >= 11 is 5.87. The van der Waals surface area contributed by atoms with E-state index in [1.807, 2.05) is 36.2 Å². The van der Waals surface area contributed by atoms with Gasteiger partial charge in [0.1, 0.15) is 0 Å². The molecule has 0 amide bonds. The van der Waals surface area contributed by atoms with Crippen LogP contribution in [0.5, 0.6) is 5.88 Å². The lowest BCUT2D eigenvalue weighted by Crippen LogP contribution is -2.19. The summed E-state index contributed by atoms with van der Waals surface area (Å²) in [6.07, 6.45) is 0. The average Bonchev–Trinajstić information content (AvgIpc) is 2.42. The minimum absolute atomic E-state index is 0.548. The van der Waals surface area contributed by atoms with Gasteiger partial charge in [0.15, 0.2) is 5.82 Å². The lowest BCUT2D eigenvalue weighted by molar-refractivity contribution is 0.398. The van der Waals surface area contributed by atoms with Crippen molar-refractivity contribution in [3.63, 3.8) is 0 Å². The van der Waals surface area contributed by atoms with E-state index in [2.05, 4.69) is 4.98 Å². The Balaban J connectivity index is 2.19. The highest BCUT2D eigenvalue weighted by molar-refractivity contribution is 6.30. The van der Waals surface area contributed by atoms with Crippen LogP contribution in [0.25, 0.3) is 0 Å². The monoisotopic (exact) mass is 277 g/mol. The second-order valence-electron chi connectivity index (χ2n) is 4.25. The fourth-order valence-electron chi connectivity index (χ4n) is 1.80. The number of nitrogens with zero attached hydrogens (tertiary/aromatic N) is 2. The Morgan fingerprint density at radius 2 is 1.89 bits per heavy atom. The van der Waals surface area contributed by atoms with Crippen molar-refractivity contribution in [3.8, 4) is 5.88 Å². The Kier molecular flexibility index (Phi) is 4.12. The van der Waals surface area contributed by atoms with E-state index in [0.717, 1.165) is 10.6 Å². The van der Waals surface area contributed by atoms with Crippen LogP contribution in [-0.4, -0.2) is 19.1 Å². The molecule has 100 valence electrons. The molecule has 0 aliphatic rings. The molecule has 1 aromatic heterocycles. The Hall–Kier alpha value is -1.94. The predicted octanol–water partition coefficient (Wildman–Crippen LogP) is 2.96. The lowest BCUT2D eigenvalue weighted by atomic mass is 10.2. The minimum Gasteiger partial charge on any atom is -0.481 e. The topological polar surface area (TPSA) is 51.4 Å². The number of methoxy groups -OCH3 is 1. The van der Waals surface area contributed by atoms with Crippen LogP contribution in [0, 0.1) is 0 Å². The molecule has 0 unspecified atom stereocenters. The summed E-state index contributed by atoms with van der Waals surface area (Å²) in [5, 5.41) is 0.727. The molecule has 0 saturated carbocycles. The van der Waals surface area contributed by atoms with Crippen molar-refractivity contribution in [1.82, 2.24) is 4.98 Å². The molecule has 19 heavy (non-hydrogen) atoms. The summed E-state index contributed by atoms with van der Waals surface area (Å²) in [4.78, 5) is 6.33. The molecule has 0 aliphatic heterocycles. The highest BCUT2D eigenvalue weighted by Gasteiger charge is 2.09. The van der Waals surface area contributed by atoms with Gasteiger partial charge in [0.25, 0.3) is 0 Å². The third-order valence-corrected chi connectivity index (χ3v) is 3.04. The van der Waals surface area contributed by atoms with Crippen molar-refractivity contribution >= 4 is 23.1 Å². The first-order chi connectivity index (χ1) is 9.10. The van der Waals surface area contributed by atoms with E-state index in [-0.39, 0.29) is 0 Å². The van der Waals surface area contributed by atoms with Gasteiger partial charge in [-0.3, -0.25) is 0 Å². The Morgan fingerprint density at radius 1 is 1.21 bits per heavy atom. The van der Waals surface area contributed by atoms with Crippen molar-refractivity contribution in [3.05, 3.63) is 47.0 Å². The van der Waals surface area contributed by atoms with Gasteiger partial charge < -0.3 is 15.4 Å². The van der Waals surface area contributed by atoms with Gasteiger partial charge in [-0.1, -0.05) is 23.7 Å². The van der Waals surface area contributed by atoms with Gasteiger partial charge >= 0.3 is 0 Å². The first-order valence-electron chi connectivity index (χ1n) is 5.86. The summed E-state index contributed by atoms with van der Waals surface area (Å²) in [5.74, 6) is 1.25. The first-order valence-corrected chi connectivity index (χ1v) is 6.24. The smallest absolute Gasteiger partial charge is 0.215 e. The van der Waals surface area contributed by atoms with Crippen LogP contribution in [0.2, 0.25) is 5.02 Å². The van der Waals surface area contributed by atoms with Crippen LogP contribution in [0.1, 0.15) is 5.56 Å². The van der Waals surface area contributed by atoms with Crippen LogP contribution < -0.4 is 15.4 Å². The number of pyridine rings is 1. The maximum Gasteiger partial charge on any atom is 0.215 e. The number of hydrogen-bond donors (Lipinski definition) is 1. The highest BCUT2D eigenvalue weighted by atomic mass is 35.5. The summed E-state index contributed by atoms with van der Waals surface area (Å²) < 4.78 is 5.12. The van der Waals surface area contributed by atoms with E-state index >= 15 is 0 Å². The van der Waals surface area contributed by atoms with Crippen LogP contribution in [0.3, 0.4) is 0 Å². The number of benzene rings is 1. The third kappa shape index (κ3) is 3.29. The maximum atomic E-state index is 5.94. The van der Waals surface area contributed by atoms with Crippen LogP contribution in [0.15, 0.2) is 36.4 Å². The molecular weight excluding hydrogens is 262 g/mol. The Morgan fingerprint density at radius 3 is 2.53 bits per heavy atom. The van der Waals surface area contributed by atoms with Crippen molar-refractivity contribution in [1.29, 1.82) is 0 Å². The van der Waals surface area contributed by atoms with Gasteiger partial charge in [-0.05, 0) is 23.8 Å². The van der Waals surface area contributed by atoms with Gasteiger partial charge in [-0.2, -0.15) is 4.98 Å². The molecular formula is C14H16ClN3O. The van der Waals surface area contributed by atoms with E-state index in [1.54, 1.807) is 19.2 Å². The number of aromatic nitrogens is 1. The fourth-order valence-corrected chi connectivity index (χ4v) is 1.93. The van der Waals surface area contributed by atoms with Crippen LogP contribution in [0.4, 0.5) is 11.5 Å². The van der Waals surface area contributed by atoms with E-state index < -0.39 is 0 Å². The molecule has 1 aromatic carbocycles. The largest absolute Gasteiger partial charge is 0.481 e. The quantitative estimate of drug-likeness (QED) is 0.933. The predicted molar refractivity (Wildman–Crippen MR) is 78.8 cm³/mol. The zero-order chi connectivity index (χ0) is 13.8. The van der Waals surface area contributed by atoms with Gasteiger partial charge in [0.05, 0.1) is 12.8 Å². The molecule has 4 nitrogen and oxygen atoms in total. The summed E-state index contributed by atoms with van der Waals surface area (Å²) in [5.41, 5.74) is 7.70. The number of hydrogen-bond acceptors (Lipinski definition) is 4. The number of ether oxygens (including phenoxy) is 1. The standard InChI is InChI=1S/C14H16ClN3O/c1-18(9-10-3-5-11(15)6-4-10)14-12(16)7-8-13(17-14)19-2/h3-8H,9,16H2,1-2H3. The van der Waals surface area contributed by atoms with Gasteiger partial charge in [0.2, 0.25) is 5.88 Å². The zero-order valence-corrected chi connectivity index (χ0v) is 11.7. The zero-order valence-electron chi connectivity index (χ0n) is 10.9. The molecule has 0 aliphatic carbocycles. The second-order valence-corrected chi connectivity index (χ2v) is 4.69. The van der Waals surface area contributed by atoms with Gasteiger partial charge in [-0.15, -0.1) is 0 Å². The molecule has 0 atom stereocenters. The number of nitrogen functional groups attached to an aromatic ring is 1. The SMILES string of the molecule is COc1ccc(N)c(N(C)Cc2ccc(Cl)cc2)n1. The molecule has 1 heterocycles. The van der Waals surface area contributed by atoms with Crippen molar-refractivity contribution in [2.75, 3.05) is 24.8 Å². The maximum absolute atomic E-state index is 5.94. The van der Waals surface area contributed by atoms with Crippen LogP contribution >= 0.6 is 11.6 Å². The van der Waals surface area contributed by atoms with E-state index in [1.165, 1.54) is 0 Å². The summed E-state index contributed by atoms with van der Waals surface area (Å²) in [6.45, 7) is 0.696. The molecule has 2 aromatic rings. The Bertz CT molecular complexity index is 557. The molecule has 0 bridgehead atoms. The van der Waals surface area contributed by atoms with E-state index in [9.17, 15) is 0 Å². The van der Waals surface area contributed by atoms with Crippen molar-refractivity contribution in [2.24, 2.45) is 0 Å². The summed E-state index contributed by atoms with van der Waals surface area (Å²) in [6, 6.07) is 11.2. The average molecular weight is 278 g/mol. The van der Waals surface area contributed by atoms with E-state index in [0.29, 0.717) is 23.9 Å². The van der Waals surface area contributed by atoms with Gasteiger partial charge in [-0.25, -0.2) is 0 Å². The van der Waals surface area contributed by atoms with E-state index in [4.69, 9.17) is 22.1 Å². The third-order valence-electron chi connectivity index (χ3n) is 2.78. The number of nitrogens with two attached hydrogens (primary N) is 1. The molecule has 5 heteroatoms. The number of halogens is 1. The Labute approximate surface area is 117 Å². The van der Waals surface area contributed by atoms with Crippen molar-refractivity contribution in [2.45, 2.75) is 6.54 Å². The highest BCUT2D eigenvalue weighted by Crippen LogP contribution is 2.24. The normalized spacial score (nSPS) is 10.3. The fraction of sp³-hybridized carbons (Fsp3) is 0.214. The molecule has 0 saturated heterocycles. The first kappa shape index (κ1) is 13.5. The van der Waals surface area contributed by atoms with Crippen molar-refractivity contribution < 1.29 is 4.74 Å². The number of anilines is 2. The van der Waals surface area contributed by atoms with Crippen LogP contribution in [-0.2, 0) is 6.54 Å². The molecule has 2 N–H and O–H groups in total. The minimum atomic E-state index is 0.548.